The van der Waals surface area contributed by atoms with Gasteiger partial charge in [-0.05, 0) is 66.1 Å². The minimum atomic E-state index is -0.426. The zero-order valence-electron chi connectivity index (χ0n) is 18.8. The number of carbonyl (C=O) groups is 2. The van der Waals surface area contributed by atoms with Crippen molar-refractivity contribution in [3.8, 4) is 17.2 Å². The standard InChI is InChI=1S/C29H19ClO5/c1-2-15-33-19-9-5-17(6-10-19)25-23-14-12-20-21(27(23)35-29(25)32)11-13-22-24(28(31)34-26(20)22)16-3-7-18(30)8-4-16/h3-14H,2,15H2,1H3. The second-order valence-electron chi connectivity index (χ2n) is 8.39. The Balaban J connectivity index is 1.51. The highest BCUT2D eigenvalue weighted by Crippen LogP contribution is 2.35. The molecule has 2 heterocycles. The van der Waals surface area contributed by atoms with Crippen molar-refractivity contribution in [2.75, 3.05) is 6.61 Å². The Morgan fingerprint density at radius 2 is 1.17 bits per heavy atom. The smallest absolute Gasteiger partial charge is 0.344 e. The van der Waals surface area contributed by atoms with Gasteiger partial charge in [-0.15, -0.1) is 0 Å². The van der Waals surface area contributed by atoms with Crippen molar-refractivity contribution in [2.24, 2.45) is 0 Å². The van der Waals surface area contributed by atoms with E-state index in [1.807, 2.05) is 55.5 Å². The minimum Gasteiger partial charge on any atom is -0.494 e. The number of hydrogen-bond acceptors (Lipinski definition) is 5. The van der Waals surface area contributed by atoms with Crippen molar-refractivity contribution in [1.82, 2.24) is 0 Å². The molecule has 0 radical (unpaired) electrons. The Labute approximate surface area is 205 Å². The van der Waals surface area contributed by atoms with Crippen LogP contribution in [-0.2, 0) is 9.59 Å². The molecule has 0 N–H and O–H groups in total. The van der Waals surface area contributed by atoms with E-state index in [9.17, 15) is 9.59 Å². The van der Waals surface area contributed by atoms with Crippen LogP contribution in [0.1, 0.15) is 24.5 Å². The summed E-state index contributed by atoms with van der Waals surface area (Å²) in [5.41, 5.74) is 2.46. The van der Waals surface area contributed by atoms with Crippen molar-refractivity contribution >= 4 is 45.5 Å². The van der Waals surface area contributed by atoms with Gasteiger partial charge in [0.05, 0.1) is 17.8 Å². The molecule has 2 aliphatic heterocycles. The van der Waals surface area contributed by atoms with E-state index in [4.69, 9.17) is 25.8 Å². The normalized spacial score (nSPS) is 14.1. The lowest BCUT2D eigenvalue weighted by Gasteiger charge is -2.05. The van der Waals surface area contributed by atoms with Crippen LogP contribution < -0.4 is 24.6 Å². The molecule has 0 saturated carbocycles. The maximum atomic E-state index is 12.9. The summed E-state index contributed by atoms with van der Waals surface area (Å²) in [4.78, 5) is 25.7. The van der Waals surface area contributed by atoms with Gasteiger partial charge in [-0.1, -0.05) is 42.8 Å². The molecule has 4 aromatic rings. The van der Waals surface area contributed by atoms with Crippen LogP contribution in [0.3, 0.4) is 0 Å². The number of hydrogen-bond donors (Lipinski definition) is 0. The van der Waals surface area contributed by atoms with Gasteiger partial charge in [0.1, 0.15) is 17.2 Å². The first-order chi connectivity index (χ1) is 17.0. The number of carbonyl (C=O) groups excluding carboxylic acids is 2. The van der Waals surface area contributed by atoms with E-state index >= 15 is 0 Å². The highest BCUT2D eigenvalue weighted by Gasteiger charge is 2.30. The van der Waals surface area contributed by atoms with Crippen molar-refractivity contribution in [3.63, 3.8) is 0 Å². The second-order valence-corrected chi connectivity index (χ2v) is 8.82. The molecule has 2 aliphatic rings. The lowest BCUT2D eigenvalue weighted by atomic mass is 9.99. The summed E-state index contributed by atoms with van der Waals surface area (Å²) >= 11 is 6.01. The van der Waals surface area contributed by atoms with Crippen LogP contribution in [0.25, 0.3) is 21.9 Å². The number of esters is 2. The molecular weight excluding hydrogens is 464 g/mol. The first-order valence-electron chi connectivity index (χ1n) is 11.3. The van der Waals surface area contributed by atoms with E-state index in [0.717, 1.165) is 23.3 Å². The van der Waals surface area contributed by atoms with Crippen LogP contribution in [0.5, 0.6) is 17.2 Å². The number of fused-ring (bicyclic) bond motifs is 5. The summed E-state index contributed by atoms with van der Waals surface area (Å²) in [6.45, 7) is 2.69. The fourth-order valence-corrected chi connectivity index (χ4v) is 4.70. The van der Waals surface area contributed by atoms with Gasteiger partial charge in [-0.3, -0.25) is 0 Å². The SMILES string of the molecule is CCCOc1ccc(C2=c3ccc4c5c(ccc4c3OC2=O)=C(c2ccc(Cl)cc2)C(=O)O5)cc1. The Bertz CT molecular complexity index is 1650. The van der Waals surface area contributed by atoms with Crippen molar-refractivity contribution in [1.29, 1.82) is 0 Å². The summed E-state index contributed by atoms with van der Waals surface area (Å²) < 4.78 is 17.1. The maximum absolute atomic E-state index is 12.9. The monoisotopic (exact) mass is 482 g/mol. The van der Waals surface area contributed by atoms with Crippen molar-refractivity contribution in [2.45, 2.75) is 13.3 Å². The fourth-order valence-electron chi connectivity index (χ4n) is 4.57. The van der Waals surface area contributed by atoms with Crippen molar-refractivity contribution < 1.29 is 23.8 Å². The lowest BCUT2D eigenvalue weighted by molar-refractivity contribution is -0.128. The van der Waals surface area contributed by atoms with Crippen LogP contribution in [0.2, 0.25) is 5.02 Å². The van der Waals surface area contributed by atoms with E-state index in [-0.39, 0.29) is 0 Å². The molecule has 0 unspecified atom stereocenters. The third-order valence-electron chi connectivity index (χ3n) is 6.19. The molecule has 4 aromatic carbocycles. The molecule has 0 saturated heterocycles. The summed E-state index contributed by atoms with van der Waals surface area (Å²) in [5, 5.41) is 3.40. The third-order valence-corrected chi connectivity index (χ3v) is 6.44. The Morgan fingerprint density at radius 1 is 0.686 bits per heavy atom. The highest BCUT2D eigenvalue weighted by molar-refractivity contribution is 6.30. The number of benzene rings is 4. The molecule has 0 aromatic heterocycles. The van der Waals surface area contributed by atoms with E-state index in [0.29, 0.717) is 55.5 Å². The molecular formula is C29H19ClO5. The topological polar surface area (TPSA) is 61.8 Å². The van der Waals surface area contributed by atoms with Crippen molar-refractivity contribution in [3.05, 3.63) is 99.4 Å². The van der Waals surface area contributed by atoms with Crippen LogP contribution in [0, 0.1) is 0 Å². The number of rotatable bonds is 5. The molecule has 0 fully saturated rings. The second kappa shape index (κ2) is 8.29. The van der Waals surface area contributed by atoms with Gasteiger partial charge in [-0.2, -0.15) is 0 Å². The molecule has 172 valence electrons. The lowest BCUT2D eigenvalue weighted by Crippen LogP contribution is -2.07. The molecule has 0 aliphatic carbocycles. The summed E-state index contributed by atoms with van der Waals surface area (Å²) in [7, 11) is 0. The van der Waals surface area contributed by atoms with E-state index < -0.39 is 11.9 Å². The molecule has 0 atom stereocenters. The number of ether oxygens (including phenoxy) is 3. The Hall–Kier alpha value is -4.09. The summed E-state index contributed by atoms with van der Waals surface area (Å²) in [6, 6.07) is 21.9. The van der Waals surface area contributed by atoms with Gasteiger partial charge < -0.3 is 14.2 Å². The van der Waals surface area contributed by atoms with Gasteiger partial charge in [0.25, 0.3) is 0 Å². The van der Waals surface area contributed by atoms with Crippen LogP contribution >= 0.6 is 11.6 Å². The largest absolute Gasteiger partial charge is 0.494 e. The van der Waals surface area contributed by atoms with Crippen LogP contribution in [0.4, 0.5) is 0 Å². The summed E-state index contributed by atoms with van der Waals surface area (Å²) in [6.07, 6.45) is 0.921. The Kier molecular flexibility index (Phi) is 5.08. The van der Waals surface area contributed by atoms with Gasteiger partial charge >= 0.3 is 11.9 Å². The first-order valence-corrected chi connectivity index (χ1v) is 11.7. The van der Waals surface area contributed by atoms with Gasteiger partial charge in [0, 0.05) is 26.2 Å². The van der Waals surface area contributed by atoms with Gasteiger partial charge in [-0.25, -0.2) is 9.59 Å². The highest BCUT2D eigenvalue weighted by atomic mass is 35.5. The maximum Gasteiger partial charge on any atom is 0.344 e. The van der Waals surface area contributed by atoms with Crippen LogP contribution in [0.15, 0.2) is 72.8 Å². The summed E-state index contributed by atoms with van der Waals surface area (Å²) in [5.74, 6) is 0.840. The molecule has 0 amide bonds. The molecule has 5 nitrogen and oxygen atoms in total. The van der Waals surface area contributed by atoms with Gasteiger partial charge in [0.2, 0.25) is 0 Å². The predicted octanol–water partition coefficient (Wildman–Crippen LogP) is 4.52. The zero-order valence-corrected chi connectivity index (χ0v) is 19.5. The number of halogens is 1. The first kappa shape index (κ1) is 21.4. The van der Waals surface area contributed by atoms with E-state index in [1.54, 1.807) is 24.3 Å². The average Bonchev–Trinajstić information content (AvgIpc) is 3.39. The van der Waals surface area contributed by atoms with E-state index in [1.165, 1.54) is 0 Å². The van der Waals surface area contributed by atoms with Gasteiger partial charge in [0.15, 0.2) is 0 Å². The van der Waals surface area contributed by atoms with E-state index in [2.05, 4.69) is 0 Å². The minimum absolute atomic E-state index is 0.416. The zero-order chi connectivity index (χ0) is 24.1. The molecule has 6 heteroatoms. The molecule has 6 rings (SSSR count). The molecule has 35 heavy (non-hydrogen) atoms. The predicted molar refractivity (Wildman–Crippen MR) is 133 cm³/mol. The third kappa shape index (κ3) is 3.47. The molecule has 0 bridgehead atoms. The average molecular weight is 483 g/mol. The fraction of sp³-hybridized carbons (Fsp3) is 0.103. The molecule has 0 spiro atoms. The quantitative estimate of drug-likeness (QED) is 0.309. The van der Waals surface area contributed by atoms with Crippen LogP contribution in [-0.4, -0.2) is 18.5 Å². The Morgan fingerprint density at radius 3 is 1.66 bits per heavy atom.